The number of rotatable bonds is 5. The van der Waals surface area contributed by atoms with E-state index in [0.29, 0.717) is 6.54 Å². The first-order valence-electron chi connectivity index (χ1n) is 6.07. The largest absolute Gasteiger partial charge is 0.379 e. The van der Waals surface area contributed by atoms with Crippen LogP contribution in [0.2, 0.25) is 0 Å². The van der Waals surface area contributed by atoms with E-state index in [1.165, 1.54) is 12.1 Å². The molecular formula is C12H14FIN2O3. The van der Waals surface area contributed by atoms with Crippen LogP contribution in [0.1, 0.15) is 19.3 Å². The molecule has 1 aliphatic heterocycles. The van der Waals surface area contributed by atoms with Gasteiger partial charge in [0.25, 0.3) is 5.69 Å². The van der Waals surface area contributed by atoms with E-state index in [4.69, 9.17) is 4.74 Å². The first kappa shape index (κ1) is 14.4. The topological polar surface area (TPSA) is 64.4 Å². The standard InChI is InChI=1S/C12H14FIN2O3/c13-9-6-11(12(16(17)18)7-10(9)14)15-4-3-8-2-1-5-19-8/h6-8,15H,1-5H2. The van der Waals surface area contributed by atoms with Gasteiger partial charge in [-0.15, -0.1) is 0 Å². The number of nitro groups is 1. The average Bonchev–Trinajstić information content (AvgIpc) is 2.86. The smallest absolute Gasteiger partial charge is 0.293 e. The molecule has 0 bridgehead atoms. The van der Waals surface area contributed by atoms with Gasteiger partial charge in [0.15, 0.2) is 0 Å². The third kappa shape index (κ3) is 3.75. The second-order valence-electron chi connectivity index (χ2n) is 4.39. The molecule has 1 aromatic carbocycles. The molecule has 0 amide bonds. The SMILES string of the molecule is O=[N+]([O-])c1cc(I)c(F)cc1NCCC1CCCO1. The molecule has 0 spiro atoms. The molecule has 104 valence electrons. The summed E-state index contributed by atoms with van der Waals surface area (Å²) in [6.07, 6.45) is 3.05. The number of nitrogens with one attached hydrogen (secondary N) is 1. The van der Waals surface area contributed by atoms with Crippen molar-refractivity contribution in [2.75, 3.05) is 18.5 Å². The van der Waals surface area contributed by atoms with Crippen molar-refractivity contribution in [3.63, 3.8) is 0 Å². The Morgan fingerprint density at radius 2 is 2.37 bits per heavy atom. The number of nitro benzene ring substituents is 1. The lowest BCUT2D eigenvalue weighted by Gasteiger charge is -2.11. The lowest BCUT2D eigenvalue weighted by molar-refractivity contribution is -0.384. The van der Waals surface area contributed by atoms with Crippen molar-refractivity contribution in [2.45, 2.75) is 25.4 Å². The summed E-state index contributed by atoms with van der Waals surface area (Å²) in [5.41, 5.74) is 0.124. The average molecular weight is 380 g/mol. The molecule has 19 heavy (non-hydrogen) atoms. The summed E-state index contributed by atoms with van der Waals surface area (Å²) in [6.45, 7) is 1.31. The highest BCUT2D eigenvalue weighted by molar-refractivity contribution is 14.1. The van der Waals surface area contributed by atoms with Gasteiger partial charge in [0.05, 0.1) is 14.6 Å². The molecule has 0 saturated carbocycles. The second kappa shape index (κ2) is 6.47. The Labute approximate surface area is 123 Å². The van der Waals surface area contributed by atoms with Crippen molar-refractivity contribution in [3.8, 4) is 0 Å². The highest BCUT2D eigenvalue weighted by Crippen LogP contribution is 2.28. The molecule has 1 fully saturated rings. The molecule has 5 nitrogen and oxygen atoms in total. The number of benzene rings is 1. The molecule has 1 aliphatic rings. The van der Waals surface area contributed by atoms with Crippen molar-refractivity contribution in [2.24, 2.45) is 0 Å². The number of anilines is 1. The third-order valence-corrected chi connectivity index (χ3v) is 3.87. The van der Waals surface area contributed by atoms with Crippen LogP contribution in [-0.4, -0.2) is 24.2 Å². The molecule has 1 heterocycles. The van der Waals surface area contributed by atoms with Crippen LogP contribution in [0.25, 0.3) is 0 Å². The predicted octanol–water partition coefficient (Wildman–Crippen LogP) is 3.32. The summed E-state index contributed by atoms with van der Waals surface area (Å²) >= 11 is 1.74. The van der Waals surface area contributed by atoms with Gasteiger partial charge >= 0.3 is 0 Å². The predicted molar refractivity (Wildman–Crippen MR) is 77.9 cm³/mol. The molecule has 1 N–H and O–H groups in total. The van der Waals surface area contributed by atoms with Crippen LogP contribution < -0.4 is 5.32 Å². The maximum absolute atomic E-state index is 13.5. The quantitative estimate of drug-likeness (QED) is 0.484. The minimum Gasteiger partial charge on any atom is -0.379 e. The Hall–Kier alpha value is -0.960. The Bertz CT molecular complexity index is 478. The molecular weight excluding hydrogens is 366 g/mol. The molecule has 1 unspecified atom stereocenters. The van der Waals surface area contributed by atoms with Crippen molar-refractivity contribution in [1.82, 2.24) is 0 Å². The van der Waals surface area contributed by atoms with Crippen molar-refractivity contribution in [1.29, 1.82) is 0 Å². The zero-order chi connectivity index (χ0) is 13.8. The Morgan fingerprint density at radius 1 is 1.58 bits per heavy atom. The van der Waals surface area contributed by atoms with Gasteiger partial charge in [-0.05, 0) is 41.9 Å². The second-order valence-corrected chi connectivity index (χ2v) is 5.55. The van der Waals surface area contributed by atoms with Crippen LogP contribution in [0.3, 0.4) is 0 Å². The van der Waals surface area contributed by atoms with Gasteiger partial charge in [-0.25, -0.2) is 4.39 Å². The van der Waals surface area contributed by atoms with E-state index in [0.717, 1.165) is 25.9 Å². The van der Waals surface area contributed by atoms with E-state index < -0.39 is 10.7 Å². The van der Waals surface area contributed by atoms with E-state index in [1.807, 2.05) is 0 Å². The first-order valence-corrected chi connectivity index (χ1v) is 7.14. The summed E-state index contributed by atoms with van der Waals surface area (Å²) in [5, 5.41) is 13.8. The van der Waals surface area contributed by atoms with Crippen molar-refractivity contribution in [3.05, 3.63) is 31.6 Å². The lowest BCUT2D eigenvalue weighted by Crippen LogP contribution is -2.13. The zero-order valence-corrected chi connectivity index (χ0v) is 12.4. The Kier molecular flexibility index (Phi) is 4.92. The fourth-order valence-corrected chi connectivity index (χ4v) is 2.52. The highest BCUT2D eigenvalue weighted by Gasteiger charge is 2.19. The Morgan fingerprint density at radius 3 is 3.00 bits per heavy atom. The maximum Gasteiger partial charge on any atom is 0.293 e. The molecule has 1 aromatic rings. The van der Waals surface area contributed by atoms with Gasteiger partial charge in [-0.3, -0.25) is 10.1 Å². The van der Waals surface area contributed by atoms with Gasteiger partial charge in [0.1, 0.15) is 11.5 Å². The fourth-order valence-electron chi connectivity index (χ4n) is 2.07. The number of ether oxygens (including phenoxy) is 1. The van der Waals surface area contributed by atoms with E-state index in [2.05, 4.69) is 5.32 Å². The molecule has 0 aliphatic carbocycles. The number of halogens is 2. The molecule has 7 heteroatoms. The van der Waals surface area contributed by atoms with Gasteiger partial charge in [-0.1, -0.05) is 0 Å². The normalized spacial score (nSPS) is 18.5. The van der Waals surface area contributed by atoms with Crippen LogP contribution in [-0.2, 0) is 4.74 Å². The summed E-state index contributed by atoms with van der Waals surface area (Å²) in [7, 11) is 0. The first-order chi connectivity index (χ1) is 9.08. The maximum atomic E-state index is 13.5. The van der Waals surface area contributed by atoms with Crippen LogP contribution in [0.4, 0.5) is 15.8 Å². The van der Waals surface area contributed by atoms with Gasteiger partial charge in [-0.2, -0.15) is 0 Å². The van der Waals surface area contributed by atoms with Crippen LogP contribution >= 0.6 is 22.6 Å². The molecule has 1 saturated heterocycles. The van der Waals surface area contributed by atoms with E-state index in [9.17, 15) is 14.5 Å². The highest BCUT2D eigenvalue weighted by atomic mass is 127. The van der Waals surface area contributed by atoms with Crippen LogP contribution in [0, 0.1) is 19.5 Å². The number of hydrogen-bond donors (Lipinski definition) is 1. The fraction of sp³-hybridized carbons (Fsp3) is 0.500. The minimum absolute atomic E-state index is 0.0989. The molecule has 2 rings (SSSR count). The lowest BCUT2D eigenvalue weighted by atomic mass is 10.2. The summed E-state index contributed by atoms with van der Waals surface area (Å²) in [5.74, 6) is -0.453. The molecule has 0 aromatic heterocycles. The van der Waals surface area contributed by atoms with E-state index in [1.54, 1.807) is 22.6 Å². The summed E-state index contributed by atoms with van der Waals surface area (Å²) in [6, 6.07) is 2.42. The van der Waals surface area contributed by atoms with Crippen LogP contribution in [0.15, 0.2) is 12.1 Å². The third-order valence-electron chi connectivity index (χ3n) is 3.04. The van der Waals surface area contributed by atoms with Gasteiger partial charge in [0.2, 0.25) is 0 Å². The molecule has 0 radical (unpaired) electrons. The zero-order valence-electron chi connectivity index (χ0n) is 10.2. The molecule has 1 atom stereocenters. The Balaban J connectivity index is 2.01. The summed E-state index contributed by atoms with van der Waals surface area (Å²) in [4.78, 5) is 10.4. The van der Waals surface area contributed by atoms with Gasteiger partial charge in [0, 0.05) is 25.3 Å². The van der Waals surface area contributed by atoms with Crippen molar-refractivity contribution >= 4 is 34.0 Å². The van der Waals surface area contributed by atoms with Crippen LogP contribution in [0.5, 0.6) is 0 Å². The minimum atomic E-state index is -0.504. The number of nitrogens with zero attached hydrogens (tertiary/aromatic N) is 1. The van der Waals surface area contributed by atoms with Gasteiger partial charge < -0.3 is 10.1 Å². The number of hydrogen-bond acceptors (Lipinski definition) is 4. The summed E-state index contributed by atoms with van der Waals surface area (Å²) < 4.78 is 19.2. The monoisotopic (exact) mass is 380 g/mol. The van der Waals surface area contributed by atoms with E-state index in [-0.39, 0.29) is 21.0 Å². The van der Waals surface area contributed by atoms with Crippen molar-refractivity contribution < 1.29 is 14.1 Å². The van der Waals surface area contributed by atoms with E-state index >= 15 is 0 Å².